The standard InChI is InChI=1S/C28H27N3O3/c1-18(26-24-16-22(28(33)34)8-11-25(24)30-27(26)32)29-23-9-6-19(7-10-23)17-31-14-12-20-4-2-3-5-21(20)13-15-31/h2-4,6-11,13,16,26H,5,12,14-15,17H2,1H3,(H,30,32)(H,33,34). The number of amides is 1. The summed E-state index contributed by atoms with van der Waals surface area (Å²) in [5.74, 6) is -1.79. The molecule has 1 unspecified atom stereocenters. The van der Waals surface area contributed by atoms with E-state index in [1.807, 2.05) is 19.1 Å². The van der Waals surface area contributed by atoms with Crippen molar-refractivity contribution < 1.29 is 14.7 Å². The van der Waals surface area contributed by atoms with Crippen molar-refractivity contribution >= 4 is 29.0 Å². The highest BCUT2D eigenvalue weighted by Crippen LogP contribution is 2.35. The molecule has 34 heavy (non-hydrogen) atoms. The summed E-state index contributed by atoms with van der Waals surface area (Å²) in [6.45, 7) is 4.68. The van der Waals surface area contributed by atoms with Crippen LogP contribution in [0.15, 0.2) is 82.9 Å². The van der Waals surface area contributed by atoms with E-state index < -0.39 is 11.9 Å². The monoisotopic (exact) mass is 453 g/mol. The van der Waals surface area contributed by atoms with E-state index in [2.05, 4.69) is 51.6 Å². The Morgan fingerprint density at radius 1 is 1.18 bits per heavy atom. The SMILES string of the molecule is CC(=Nc1ccc(CN2CC=C3CC=CC=C3CC2)cc1)C1C(=O)Nc2ccc(C(=O)O)cc21. The molecule has 0 saturated carbocycles. The van der Waals surface area contributed by atoms with Crippen LogP contribution in [0.3, 0.4) is 0 Å². The highest BCUT2D eigenvalue weighted by atomic mass is 16.4. The maximum absolute atomic E-state index is 12.6. The number of fused-ring (bicyclic) bond motifs is 2. The molecule has 5 rings (SSSR count). The number of rotatable bonds is 5. The number of carbonyl (C=O) groups is 2. The molecule has 2 N–H and O–H groups in total. The van der Waals surface area contributed by atoms with Gasteiger partial charge in [-0.15, -0.1) is 0 Å². The minimum absolute atomic E-state index is 0.161. The maximum atomic E-state index is 12.6. The van der Waals surface area contributed by atoms with Gasteiger partial charge in [-0.2, -0.15) is 0 Å². The molecule has 0 radical (unpaired) electrons. The summed E-state index contributed by atoms with van der Waals surface area (Å²) in [7, 11) is 0. The summed E-state index contributed by atoms with van der Waals surface area (Å²) in [6, 6.07) is 12.8. The van der Waals surface area contributed by atoms with Gasteiger partial charge >= 0.3 is 5.97 Å². The number of hydrogen-bond donors (Lipinski definition) is 2. The molecule has 1 atom stereocenters. The highest BCUT2D eigenvalue weighted by Gasteiger charge is 2.33. The molecule has 2 aliphatic heterocycles. The fourth-order valence-corrected chi connectivity index (χ4v) is 4.84. The second-order valence-electron chi connectivity index (χ2n) is 8.99. The van der Waals surface area contributed by atoms with E-state index in [9.17, 15) is 14.7 Å². The molecule has 0 spiro atoms. The third kappa shape index (κ3) is 4.50. The first-order valence-electron chi connectivity index (χ1n) is 11.6. The Morgan fingerprint density at radius 2 is 2.00 bits per heavy atom. The van der Waals surface area contributed by atoms with Crippen molar-refractivity contribution in [1.82, 2.24) is 4.90 Å². The van der Waals surface area contributed by atoms with Crippen LogP contribution in [0.25, 0.3) is 0 Å². The Labute approximate surface area is 199 Å². The number of benzene rings is 2. The summed E-state index contributed by atoms with van der Waals surface area (Å²) >= 11 is 0. The molecule has 0 saturated heterocycles. The first-order valence-corrected chi connectivity index (χ1v) is 11.6. The van der Waals surface area contributed by atoms with Crippen LogP contribution in [0, 0.1) is 0 Å². The number of nitrogens with zero attached hydrogens (tertiary/aromatic N) is 2. The van der Waals surface area contributed by atoms with E-state index in [0.717, 1.165) is 38.2 Å². The Morgan fingerprint density at radius 3 is 2.79 bits per heavy atom. The number of aliphatic imine (C=N–C) groups is 1. The zero-order chi connectivity index (χ0) is 23.7. The van der Waals surface area contributed by atoms with Crippen LogP contribution in [0.2, 0.25) is 0 Å². The van der Waals surface area contributed by atoms with Gasteiger partial charge in [0.2, 0.25) is 5.91 Å². The van der Waals surface area contributed by atoms with Gasteiger partial charge in [0.25, 0.3) is 0 Å². The molecule has 0 bridgehead atoms. The molecule has 0 fully saturated rings. The smallest absolute Gasteiger partial charge is 0.335 e. The van der Waals surface area contributed by atoms with Crippen LogP contribution in [0.1, 0.15) is 47.2 Å². The molecule has 172 valence electrons. The fraction of sp³-hybridized carbons (Fsp3) is 0.250. The number of anilines is 1. The van der Waals surface area contributed by atoms with Crippen LogP contribution in [-0.4, -0.2) is 40.7 Å². The largest absolute Gasteiger partial charge is 0.478 e. The highest BCUT2D eigenvalue weighted by molar-refractivity contribution is 6.18. The van der Waals surface area contributed by atoms with Crippen LogP contribution >= 0.6 is 0 Å². The van der Waals surface area contributed by atoms with Crippen molar-refractivity contribution in [2.45, 2.75) is 32.2 Å². The van der Waals surface area contributed by atoms with Crippen molar-refractivity contribution in [2.24, 2.45) is 4.99 Å². The summed E-state index contributed by atoms with van der Waals surface area (Å²) in [4.78, 5) is 31.1. The van der Waals surface area contributed by atoms with E-state index in [4.69, 9.17) is 0 Å². The summed E-state index contributed by atoms with van der Waals surface area (Å²) < 4.78 is 0. The van der Waals surface area contributed by atoms with Gasteiger partial charge in [-0.3, -0.25) is 14.7 Å². The van der Waals surface area contributed by atoms with Crippen molar-refractivity contribution in [3.05, 3.63) is 94.6 Å². The number of aromatic carboxylic acids is 1. The van der Waals surface area contributed by atoms with Crippen molar-refractivity contribution in [3.63, 3.8) is 0 Å². The van der Waals surface area contributed by atoms with Gasteiger partial charge < -0.3 is 10.4 Å². The van der Waals surface area contributed by atoms with Crippen LogP contribution in [-0.2, 0) is 11.3 Å². The van der Waals surface area contributed by atoms with Gasteiger partial charge in [-0.05, 0) is 72.4 Å². The minimum atomic E-state index is -1.01. The van der Waals surface area contributed by atoms with E-state index in [-0.39, 0.29) is 11.5 Å². The molecule has 2 aromatic carbocycles. The van der Waals surface area contributed by atoms with Crippen LogP contribution < -0.4 is 5.32 Å². The molecule has 6 heteroatoms. The molecule has 1 amide bonds. The van der Waals surface area contributed by atoms with Crippen LogP contribution in [0.5, 0.6) is 0 Å². The molecule has 3 aliphatic rings. The molecule has 2 aromatic rings. The zero-order valence-electron chi connectivity index (χ0n) is 19.1. The van der Waals surface area contributed by atoms with Gasteiger partial charge in [0, 0.05) is 31.0 Å². The second kappa shape index (κ2) is 9.23. The average molecular weight is 454 g/mol. The number of carboxylic acid groups (broad SMARTS) is 1. The van der Waals surface area contributed by atoms with E-state index in [1.54, 1.807) is 12.1 Å². The first kappa shape index (κ1) is 22.0. The number of hydrogen-bond acceptors (Lipinski definition) is 4. The summed E-state index contributed by atoms with van der Waals surface area (Å²) in [5, 5.41) is 12.1. The number of carbonyl (C=O) groups excluding carboxylic acids is 1. The molecular weight excluding hydrogens is 426 g/mol. The lowest BCUT2D eigenvalue weighted by Gasteiger charge is -2.19. The van der Waals surface area contributed by atoms with Crippen molar-refractivity contribution in [2.75, 3.05) is 18.4 Å². The Kier molecular flexibility index (Phi) is 5.99. The predicted octanol–water partition coefficient (Wildman–Crippen LogP) is 5.23. The second-order valence-corrected chi connectivity index (χ2v) is 8.99. The first-order chi connectivity index (χ1) is 16.5. The topological polar surface area (TPSA) is 82.0 Å². The molecule has 1 aliphatic carbocycles. The number of nitrogens with one attached hydrogen (secondary N) is 1. The lowest BCUT2D eigenvalue weighted by atomic mass is 9.94. The third-order valence-electron chi connectivity index (χ3n) is 6.67. The third-order valence-corrected chi connectivity index (χ3v) is 6.67. The summed E-state index contributed by atoms with van der Waals surface area (Å²) in [6.07, 6.45) is 11.1. The molecule has 2 heterocycles. The summed E-state index contributed by atoms with van der Waals surface area (Å²) in [5.41, 5.74) is 7.01. The lowest BCUT2D eigenvalue weighted by Crippen LogP contribution is -2.23. The Hall–Kier alpha value is -3.77. The fourth-order valence-electron chi connectivity index (χ4n) is 4.84. The van der Waals surface area contributed by atoms with Gasteiger partial charge in [-0.1, -0.05) is 36.4 Å². The van der Waals surface area contributed by atoms with Crippen molar-refractivity contribution in [3.8, 4) is 0 Å². The van der Waals surface area contributed by atoms with Gasteiger partial charge in [0.15, 0.2) is 0 Å². The molecule has 0 aromatic heterocycles. The normalized spacial score (nSPS) is 20.1. The zero-order valence-corrected chi connectivity index (χ0v) is 19.1. The van der Waals surface area contributed by atoms with Gasteiger partial charge in [0.1, 0.15) is 5.92 Å². The average Bonchev–Trinajstić information content (AvgIpc) is 3.03. The quantitative estimate of drug-likeness (QED) is 0.607. The predicted molar refractivity (Wildman–Crippen MR) is 134 cm³/mol. The maximum Gasteiger partial charge on any atom is 0.335 e. The van der Waals surface area contributed by atoms with Gasteiger partial charge in [0.05, 0.1) is 11.3 Å². The van der Waals surface area contributed by atoms with E-state index >= 15 is 0 Å². The van der Waals surface area contributed by atoms with Crippen LogP contribution in [0.4, 0.5) is 11.4 Å². The minimum Gasteiger partial charge on any atom is -0.478 e. The van der Waals surface area contributed by atoms with Crippen molar-refractivity contribution in [1.29, 1.82) is 0 Å². The lowest BCUT2D eigenvalue weighted by molar-refractivity contribution is -0.115. The number of carboxylic acids is 1. The molecule has 6 nitrogen and oxygen atoms in total. The number of allylic oxidation sites excluding steroid dienone is 4. The van der Waals surface area contributed by atoms with E-state index in [0.29, 0.717) is 17.0 Å². The molecular formula is C28H27N3O3. The van der Waals surface area contributed by atoms with Gasteiger partial charge in [-0.25, -0.2) is 4.79 Å². The van der Waals surface area contributed by atoms with E-state index in [1.165, 1.54) is 22.8 Å². The Bertz CT molecular complexity index is 1270. The Balaban J connectivity index is 1.29.